The summed E-state index contributed by atoms with van der Waals surface area (Å²) in [5.41, 5.74) is 1.78. The number of allylic oxidation sites excluding steroid dienone is 1. The molecule has 19 heavy (non-hydrogen) atoms. The molecule has 0 unspecified atom stereocenters. The van der Waals surface area contributed by atoms with E-state index in [0.29, 0.717) is 5.82 Å². The quantitative estimate of drug-likeness (QED) is 0.793. The smallest absolute Gasteiger partial charge is 0.256 e. The van der Waals surface area contributed by atoms with Crippen molar-refractivity contribution in [2.45, 2.75) is 13.8 Å². The van der Waals surface area contributed by atoms with Crippen molar-refractivity contribution >= 4 is 12.0 Å². The number of aryl methyl sites for hydroxylation is 2. The second-order valence-electron chi connectivity index (χ2n) is 4.24. The molecule has 0 radical (unpaired) electrons. The van der Waals surface area contributed by atoms with E-state index < -0.39 is 0 Å². The maximum Gasteiger partial charge on any atom is 0.256 e. The van der Waals surface area contributed by atoms with E-state index in [4.69, 9.17) is 4.74 Å². The third-order valence-corrected chi connectivity index (χ3v) is 2.77. The van der Waals surface area contributed by atoms with E-state index >= 15 is 0 Å². The third kappa shape index (κ3) is 3.10. The summed E-state index contributed by atoms with van der Waals surface area (Å²) in [7, 11) is 1.62. The number of nitrogens with zero attached hydrogens (tertiary/aromatic N) is 2. The van der Waals surface area contributed by atoms with Crippen LogP contribution in [0.15, 0.2) is 36.5 Å². The average molecular weight is 256 g/mol. The number of carbonyl (C=O) groups is 1. The van der Waals surface area contributed by atoms with Gasteiger partial charge in [-0.25, -0.2) is 4.98 Å². The van der Waals surface area contributed by atoms with Crippen molar-refractivity contribution in [3.8, 4) is 5.75 Å². The summed E-state index contributed by atoms with van der Waals surface area (Å²) in [6, 6.07) is 7.51. The van der Waals surface area contributed by atoms with E-state index in [1.807, 2.05) is 38.1 Å². The molecule has 98 valence electrons. The largest absolute Gasteiger partial charge is 0.497 e. The summed E-state index contributed by atoms with van der Waals surface area (Å²) in [5.74, 6) is 1.39. The summed E-state index contributed by atoms with van der Waals surface area (Å²) >= 11 is 0. The Morgan fingerprint density at radius 3 is 2.47 bits per heavy atom. The van der Waals surface area contributed by atoms with Crippen molar-refractivity contribution in [2.75, 3.05) is 7.11 Å². The van der Waals surface area contributed by atoms with Crippen molar-refractivity contribution in [2.24, 2.45) is 0 Å². The number of methoxy groups -OCH3 is 1. The Morgan fingerprint density at radius 1 is 1.26 bits per heavy atom. The number of ether oxygens (including phenoxy) is 1. The fourth-order valence-corrected chi connectivity index (χ4v) is 1.80. The van der Waals surface area contributed by atoms with E-state index in [0.717, 1.165) is 17.0 Å². The van der Waals surface area contributed by atoms with Crippen molar-refractivity contribution in [1.82, 2.24) is 9.55 Å². The van der Waals surface area contributed by atoms with Gasteiger partial charge in [-0.2, -0.15) is 0 Å². The third-order valence-electron chi connectivity index (χ3n) is 2.77. The summed E-state index contributed by atoms with van der Waals surface area (Å²) in [4.78, 5) is 16.2. The van der Waals surface area contributed by atoms with Crippen LogP contribution in [0.25, 0.3) is 6.08 Å². The summed E-state index contributed by atoms with van der Waals surface area (Å²) in [6.07, 6.45) is 5.04. The number of hydrogen-bond acceptors (Lipinski definition) is 3. The number of carbonyl (C=O) groups excluding carboxylic acids is 1. The molecule has 2 rings (SSSR count). The predicted octanol–water partition coefficient (Wildman–Crippen LogP) is 2.86. The van der Waals surface area contributed by atoms with Crippen LogP contribution in [0.3, 0.4) is 0 Å². The van der Waals surface area contributed by atoms with Crippen LogP contribution in [0.2, 0.25) is 0 Å². The van der Waals surface area contributed by atoms with E-state index in [-0.39, 0.29) is 5.91 Å². The number of aromatic nitrogens is 2. The van der Waals surface area contributed by atoms with Crippen LogP contribution in [0.4, 0.5) is 0 Å². The minimum absolute atomic E-state index is 0.103. The van der Waals surface area contributed by atoms with Crippen LogP contribution in [-0.4, -0.2) is 22.6 Å². The summed E-state index contributed by atoms with van der Waals surface area (Å²) < 4.78 is 6.62. The molecule has 0 aliphatic carbocycles. The van der Waals surface area contributed by atoms with E-state index in [1.165, 1.54) is 10.6 Å². The maximum atomic E-state index is 12.0. The molecule has 2 aromatic rings. The predicted molar refractivity (Wildman–Crippen MR) is 74.4 cm³/mol. The zero-order valence-electron chi connectivity index (χ0n) is 11.3. The Balaban J connectivity index is 2.13. The first-order chi connectivity index (χ1) is 9.10. The van der Waals surface area contributed by atoms with Gasteiger partial charge in [0.25, 0.3) is 5.91 Å². The molecular weight excluding hydrogens is 240 g/mol. The molecule has 1 heterocycles. The van der Waals surface area contributed by atoms with Crippen LogP contribution in [0.5, 0.6) is 5.75 Å². The molecule has 0 aliphatic heterocycles. The molecule has 1 aromatic heterocycles. The minimum Gasteiger partial charge on any atom is -0.497 e. The van der Waals surface area contributed by atoms with E-state index in [9.17, 15) is 4.79 Å². The van der Waals surface area contributed by atoms with Crippen LogP contribution in [0.1, 0.15) is 21.9 Å². The Kier molecular flexibility index (Phi) is 3.80. The second-order valence-corrected chi connectivity index (χ2v) is 4.24. The highest BCUT2D eigenvalue weighted by molar-refractivity contribution is 5.94. The number of rotatable bonds is 3. The fourth-order valence-electron chi connectivity index (χ4n) is 1.80. The minimum atomic E-state index is -0.103. The normalized spacial score (nSPS) is 10.9. The lowest BCUT2D eigenvalue weighted by Crippen LogP contribution is -2.07. The number of hydrogen-bond donors (Lipinski definition) is 0. The Morgan fingerprint density at radius 2 is 1.95 bits per heavy atom. The van der Waals surface area contributed by atoms with Gasteiger partial charge in [0, 0.05) is 12.3 Å². The molecule has 0 spiro atoms. The molecule has 1 aromatic carbocycles. The molecular formula is C15H16N2O2. The number of imidazole rings is 1. The van der Waals surface area contributed by atoms with Gasteiger partial charge in [-0.1, -0.05) is 12.1 Å². The molecule has 0 saturated carbocycles. The Bertz CT molecular complexity index is 610. The SMILES string of the molecule is COc1ccc(C=CC(=O)n2cc(C)nc2C)cc1. The van der Waals surface area contributed by atoms with Gasteiger partial charge in [0.15, 0.2) is 0 Å². The topological polar surface area (TPSA) is 44.1 Å². The molecule has 0 saturated heterocycles. The highest BCUT2D eigenvalue weighted by Crippen LogP contribution is 2.12. The van der Waals surface area contributed by atoms with Gasteiger partial charge in [-0.05, 0) is 37.6 Å². The lowest BCUT2D eigenvalue weighted by Gasteiger charge is -2.00. The molecule has 0 aliphatic rings. The first-order valence-corrected chi connectivity index (χ1v) is 5.99. The molecule has 0 fully saturated rings. The monoisotopic (exact) mass is 256 g/mol. The van der Waals surface area contributed by atoms with Crippen molar-refractivity contribution in [3.63, 3.8) is 0 Å². The van der Waals surface area contributed by atoms with Crippen molar-refractivity contribution in [3.05, 3.63) is 53.6 Å². The lowest BCUT2D eigenvalue weighted by atomic mass is 10.2. The van der Waals surface area contributed by atoms with Gasteiger partial charge < -0.3 is 4.74 Å². The molecule has 0 amide bonds. The first kappa shape index (κ1) is 13.1. The summed E-state index contributed by atoms with van der Waals surface area (Å²) in [5, 5.41) is 0. The van der Waals surface area contributed by atoms with Crippen LogP contribution in [-0.2, 0) is 0 Å². The van der Waals surface area contributed by atoms with Crippen LogP contribution in [0, 0.1) is 13.8 Å². The average Bonchev–Trinajstić information content (AvgIpc) is 2.75. The molecule has 4 heteroatoms. The van der Waals surface area contributed by atoms with Crippen molar-refractivity contribution in [1.29, 1.82) is 0 Å². The molecule has 4 nitrogen and oxygen atoms in total. The maximum absolute atomic E-state index is 12.0. The van der Waals surface area contributed by atoms with Crippen LogP contribution < -0.4 is 4.74 Å². The Labute approximate surface area is 112 Å². The standard InChI is InChI=1S/C15H16N2O2/c1-11-10-17(12(2)16-11)15(18)9-6-13-4-7-14(19-3)8-5-13/h4-10H,1-3H3. The first-order valence-electron chi connectivity index (χ1n) is 5.99. The Hall–Kier alpha value is -2.36. The van der Waals surface area contributed by atoms with Crippen molar-refractivity contribution < 1.29 is 9.53 Å². The van der Waals surface area contributed by atoms with Gasteiger partial charge in [0.2, 0.25) is 0 Å². The van der Waals surface area contributed by atoms with E-state index in [2.05, 4.69) is 4.98 Å². The highest BCUT2D eigenvalue weighted by atomic mass is 16.5. The van der Waals surface area contributed by atoms with Gasteiger partial charge >= 0.3 is 0 Å². The zero-order chi connectivity index (χ0) is 13.8. The summed E-state index contributed by atoms with van der Waals surface area (Å²) in [6.45, 7) is 3.68. The van der Waals surface area contributed by atoms with Crippen LogP contribution >= 0.6 is 0 Å². The van der Waals surface area contributed by atoms with Gasteiger partial charge in [0.1, 0.15) is 11.6 Å². The molecule has 0 N–H and O–H groups in total. The van der Waals surface area contributed by atoms with Gasteiger partial charge in [0.05, 0.1) is 12.8 Å². The molecule has 0 bridgehead atoms. The zero-order valence-corrected chi connectivity index (χ0v) is 11.3. The molecule has 0 atom stereocenters. The van der Waals surface area contributed by atoms with Gasteiger partial charge in [-0.3, -0.25) is 9.36 Å². The fraction of sp³-hybridized carbons (Fsp3) is 0.200. The number of benzene rings is 1. The van der Waals surface area contributed by atoms with Gasteiger partial charge in [-0.15, -0.1) is 0 Å². The van der Waals surface area contributed by atoms with E-state index in [1.54, 1.807) is 19.4 Å². The highest BCUT2D eigenvalue weighted by Gasteiger charge is 2.05. The lowest BCUT2D eigenvalue weighted by molar-refractivity contribution is 0.0967. The second kappa shape index (κ2) is 5.52.